The van der Waals surface area contributed by atoms with Crippen molar-refractivity contribution >= 4 is 11.6 Å². The molecule has 5 nitrogen and oxygen atoms in total. The first kappa shape index (κ1) is 18.4. The maximum absolute atomic E-state index is 12.8. The first-order valence-corrected chi connectivity index (χ1v) is 9.28. The number of nitrogens with one attached hydrogen (secondary N) is 1. The maximum atomic E-state index is 12.8. The Morgan fingerprint density at radius 1 is 1.19 bits per heavy atom. The Balaban J connectivity index is 1.75. The lowest BCUT2D eigenvalue weighted by Crippen LogP contribution is -2.36. The fraction of sp³-hybridized carbons (Fsp3) is 0.429. The Kier molecular flexibility index (Phi) is 6.23. The van der Waals surface area contributed by atoms with E-state index in [9.17, 15) is 4.79 Å². The van der Waals surface area contributed by atoms with Crippen molar-refractivity contribution in [2.24, 2.45) is 5.92 Å². The predicted molar refractivity (Wildman–Crippen MR) is 103 cm³/mol. The third kappa shape index (κ3) is 4.82. The van der Waals surface area contributed by atoms with Crippen LogP contribution in [-0.2, 0) is 4.74 Å². The molecule has 1 fully saturated rings. The lowest BCUT2D eigenvalue weighted by Gasteiger charge is -2.29. The van der Waals surface area contributed by atoms with Gasteiger partial charge in [-0.25, -0.2) is 0 Å². The van der Waals surface area contributed by atoms with Gasteiger partial charge in [0.05, 0.1) is 19.3 Å². The van der Waals surface area contributed by atoms with Gasteiger partial charge in [-0.3, -0.25) is 9.78 Å². The number of nitrogens with zero attached hydrogens (tertiary/aromatic N) is 2. The van der Waals surface area contributed by atoms with E-state index in [2.05, 4.69) is 41.2 Å². The van der Waals surface area contributed by atoms with E-state index in [1.165, 1.54) is 0 Å². The summed E-state index contributed by atoms with van der Waals surface area (Å²) in [6.07, 6.45) is 2.60. The van der Waals surface area contributed by atoms with Gasteiger partial charge < -0.3 is 15.0 Å². The average Bonchev–Trinajstić information content (AvgIpc) is 2.68. The smallest absolute Gasteiger partial charge is 0.270 e. The Labute approximate surface area is 155 Å². The topological polar surface area (TPSA) is 54.5 Å². The third-order valence-electron chi connectivity index (χ3n) is 4.57. The lowest BCUT2D eigenvalue weighted by molar-refractivity contribution is 0.0927. The van der Waals surface area contributed by atoms with Gasteiger partial charge in [-0.15, -0.1) is 0 Å². The van der Waals surface area contributed by atoms with Crippen molar-refractivity contribution < 1.29 is 9.53 Å². The number of benzene rings is 1. The molecule has 1 amide bonds. The molecule has 1 aliphatic heterocycles. The molecule has 1 aromatic heterocycles. The van der Waals surface area contributed by atoms with Gasteiger partial charge in [0, 0.05) is 25.0 Å². The Hall–Kier alpha value is -2.40. The lowest BCUT2D eigenvalue weighted by atomic mass is 9.97. The molecule has 0 spiro atoms. The summed E-state index contributed by atoms with van der Waals surface area (Å²) in [4.78, 5) is 19.3. The van der Waals surface area contributed by atoms with E-state index in [0.29, 0.717) is 24.8 Å². The van der Waals surface area contributed by atoms with Crippen molar-refractivity contribution in [2.75, 3.05) is 31.2 Å². The Morgan fingerprint density at radius 2 is 1.92 bits per heavy atom. The second-order valence-corrected chi connectivity index (χ2v) is 7.06. The molecule has 2 aromatic rings. The van der Waals surface area contributed by atoms with Crippen molar-refractivity contribution in [3.63, 3.8) is 0 Å². The van der Waals surface area contributed by atoms with Crippen LogP contribution in [0.3, 0.4) is 0 Å². The monoisotopic (exact) mass is 353 g/mol. The largest absolute Gasteiger partial charge is 0.378 e. The fourth-order valence-corrected chi connectivity index (χ4v) is 3.23. The van der Waals surface area contributed by atoms with E-state index in [1.807, 2.05) is 30.3 Å². The Bertz CT molecular complexity index is 712. The molecule has 1 saturated heterocycles. The zero-order valence-corrected chi connectivity index (χ0v) is 15.5. The predicted octanol–water partition coefficient (Wildman–Crippen LogP) is 3.44. The number of hydrogen-bond donors (Lipinski definition) is 1. The zero-order valence-electron chi connectivity index (χ0n) is 15.5. The highest BCUT2D eigenvalue weighted by atomic mass is 16.5. The summed E-state index contributed by atoms with van der Waals surface area (Å²) in [6.45, 7) is 7.44. The molecule has 1 unspecified atom stereocenters. The van der Waals surface area contributed by atoms with E-state index < -0.39 is 0 Å². The molecule has 138 valence electrons. The molecule has 0 saturated carbocycles. The van der Waals surface area contributed by atoms with E-state index in [0.717, 1.165) is 30.8 Å². The van der Waals surface area contributed by atoms with Crippen LogP contribution >= 0.6 is 0 Å². The number of morpholine rings is 1. The highest BCUT2D eigenvalue weighted by molar-refractivity contribution is 5.93. The van der Waals surface area contributed by atoms with Crippen LogP contribution in [0.4, 0.5) is 5.69 Å². The van der Waals surface area contributed by atoms with Gasteiger partial charge in [0.2, 0.25) is 0 Å². The molecule has 0 radical (unpaired) electrons. The first-order valence-electron chi connectivity index (χ1n) is 9.28. The SMILES string of the molecule is CC(C)CC(NC(=O)c1cc(N2CCOCC2)ccn1)c1ccccc1. The summed E-state index contributed by atoms with van der Waals surface area (Å²) < 4.78 is 5.40. The molecule has 3 rings (SSSR count). The fourth-order valence-electron chi connectivity index (χ4n) is 3.23. The van der Waals surface area contributed by atoms with Crippen LogP contribution in [0.1, 0.15) is 42.4 Å². The molecule has 0 aliphatic carbocycles. The van der Waals surface area contributed by atoms with Crippen LogP contribution in [0.25, 0.3) is 0 Å². The number of aromatic nitrogens is 1. The van der Waals surface area contributed by atoms with Gasteiger partial charge in [0.25, 0.3) is 5.91 Å². The maximum Gasteiger partial charge on any atom is 0.270 e. The van der Waals surface area contributed by atoms with Crippen LogP contribution in [0.2, 0.25) is 0 Å². The van der Waals surface area contributed by atoms with E-state index >= 15 is 0 Å². The summed E-state index contributed by atoms with van der Waals surface area (Å²) in [7, 11) is 0. The molecular weight excluding hydrogens is 326 g/mol. The molecular formula is C21H27N3O2. The third-order valence-corrected chi connectivity index (χ3v) is 4.57. The van der Waals surface area contributed by atoms with Gasteiger partial charge in [-0.2, -0.15) is 0 Å². The zero-order chi connectivity index (χ0) is 18.4. The number of anilines is 1. The summed E-state index contributed by atoms with van der Waals surface area (Å²) in [5.41, 5.74) is 2.60. The van der Waals surface area contributed by atoms with E-state index in [-0.39, 0.29) is 11.9 Å². The van der Waals surface area contributed by atoms with Crippen molar-refractivity contribution in [1.29, 1.82) is 0 Å². The standard InChI is InChI=1S/C21H27N3O2/c1-16(2)14-19(17-6-4-3-5-7-17)23-21(25)20-15-18(8-9-22-20)24-10-12-26-13-11-24/h3-9,15-16,19H,10-14H2,1-2H3,(H,23,25). The summed E-state index contributed by atoms with van der Waals surface area (Å²) in [6, 6.07) is 13.9. The van der Waals surface area contributed by atoms with Crippen molar-refractivity contribution in [2.45, 2.75) is 26.3 Å². The number of ether oxygens (including phenoxy) is 1. The van der Waals surface area contributed by atoms with Gasteiger partial charge in [0.1, 0.15) is 5.69 Å². The van der Waals surface area contributed by atoms with Crippen LogP contribution in [0.15, 0.2) is 48.7 Å². The van der Waals surface area contributed by atoms with Crippen molar-refractivity contribution in [1.82, 2.24) is 10.3 Å². The minimum Gasteiger partial charge on any atom is -0.378 e. The number of amides is 1. The summed E-state index contributed by atoms with van der Waals surface area (Å²) >= 11 is 0. The van der Waals surface area contributed by atoms with E-state index in [1.54, 1.807) is 6.20 Å². The molecule has 2 heterocycles. The normalized spacial score (nSPS) is 15.7. The highest BCUT2D eigenvalue weighted by Crippen LogP contribution is 2.22. The second-order valence-electron chi connectivity index (χ2n) is 7.06. The van der Waals surface area contributed by atoms with Gasteiger partial charge >= 0.3 is 0 Å². The molecule has 1 aliphatic rings. The number of rotatable bonds is 6. The number of hydrogen-bond acceptors (Lipinski definition) is 4. The molecule has 1 atom stereocenters. The number of carbonyl (C=O) groups is 1. The van der Waals surface area contributed by atoms with Crippen molar-refractivity contribution in [3.05, 3.63) is 59.9 Å². The quantitative estimate of drug-likeness (QED) is 0.864. The second kappa shape index (κ2) is 8.81. The molecule has 26 heavy (non-hydrogen) atoms. The molecule has 5 heteroatoms. The van der Waals surface area contributed by atoms with Gasteiger partial charge in [0.15, 0.2) is 0 Å². The van der Waals surface area contributed by atoms with Crippen LogP contribution in [0.5, 0.6) is 0 Å². The molecule has 0 bridgehead atoms. The summed E-state index contributed by atoms with van der Waals surface area (Å²) in [5, 5.41) is 3.17. The van der Waals surface area contributed by atoms with Crippen LogP contribution in [-0.4, -0.2) is 37.2 Å². The van der Waals surface area contributed by atoms with Crippen molar-refractivity contribution in [3.8, 4) is 0 Å². The minimum absolute atomic E-state index is 0.0162. The minimum atomic E-state index is -0.130. The molecule has 1 aromatic carbocycles. The van der Waals surface area contributed by atoms with Gasteiger partial charge in [-0.1, -0.05) is 44.2 Å². The van der Waals surface area contributed by atoms with E-state index in [4.69, 9.17) is 4.74 Å². The highest BCUT2D eigenvalue weighted by Gasteiger charge is 2.19. The molecule has 1 N–H and O–H groups in total. The Morgan fingerprint density at radius 3 is 2.62 bits per heavy atom. The number of carbonyl (C=O) groups excluding carboxylic acids is 1. The summed E-state index contributed by atoms with van der Waals surface area (Å²) in [5.74, 6) is 0.350. The number of pyridine rings is 1. The first-order chi connectivity index (χ1) is 12.6. The van der Waals surface area contributed by atoms with Gasteiger partial charge in [-0.05, 0) is 30.0 Å². The van der Waals surface area contributed by atoms with Crippen LogP contribution in [0, 0.1) is 5.92 Å². The average molecular weight is 353 g/mol. The van der Waals surface area contributed by atoms with Crippen LogP contribution < -0.4 is 10.2 Å².